The lowest BCUT2D eigenvalue weighted by Gasteiger charge is -2.11. The number of pyridine rings is 1. The van der Waals surface area contributed by atoms with E-state index in [0.29, 0.717) is 24.3 Å². The van der Waals surface area contributed by atoms with E-state index in [1.807, 2.05) is 48.5 Å². The van der Waals surface area contributed by atoms with Crippen molar-refractivity contribution in [3.63, 3.8) is 0 Å². The molecule has 1 aliphatic rings. The van der Waals surface area contributed by atoms with Crippen molar-refractivity contribution in [1.29, 1.82) is 5.41 Å². The fourth-order valence-electron chi connectivity index (χ4n) is 3.50. The molecule has 1 aliphatic heterocycles. The summed E-state index contributed by atoms with van der Waals surface area (Å²) in [7, 11) is 0. The molecular formula is C23H22N4O2. The average Bonchev–Trinajstić information content (AvgIpc) is 3.16. The number of nitrogens with zero attached hydrogens (tertiary/aromatic N) is 1. The Morgan fingerprint density at radius 3 is 2.66 bits per heavy atom. The van der Waals surface area contributed by atoms with Gasteiger partial charge in [0, 0.05) is 41.5 Å². The highest BCUT2D eigenvalue weighted by molar-refractivity contribution is 5.95. The third-order valence-corrected chi connectivity index (χ3v) is 5.12. The van der Waals surface area contributed by atoms with Gasteiger partial charge in [0.2, 0.25) is 0 Å². The summed E-state index contributed by atoms with van der Waals surface area (Å²) in [6, 6.07) is 16.9. The second kappa shape index (κ2) is 8.14. The number of amidine groups is 1. The summed E-state index contributed by atoms with van der Waals surface area (Å²) in [5.41, 5.74) is 9.99. The molecule has 1 aromatic heterocycles. The van der Waals surface area contributed by atoms with Crippen LogP contribution < -0.4 is 15.8 Å². The zero-order chi connectivity index (χ0) is 20.2. The van der Waals surface area contributed by atoms with Crippen molar-refractivity contribution < 1.29 is 9.53 Å². The Hall–Kier alpha value is -3.67. The Morgan fingerprint density at radius 1 is 1.14 bits per heavy atom. The Morgan fingerprint density at radius 2 is 1.93 bits per heavy atom. The zero-order valence-electron chi connectivity index (χ0n) is 15.9. The minimum absolute atomic E-state index is 0.0430. The van der Waals surface area contributed by atoms with Crippen LogP contribution in [-0.2, 0) is 0 Å². The molecule has 2 heterocycles. The van der Waals surface area contributed by atoms with Crippen LogP contribution in [0.5, 0.6) is 5.75 Å². The fraction of sp³-hybridized carbons (Fsp3) is 0.174. The lowest BCUT2D eigenvalue weighted by molar-refractivity contribution is 0.0952. The first-order valence-electron chi connectivity index (χ1n) is 9.51. The molecule has 0 aliphatic carbocycles. The van der Waals surface area contributed by atoms with Gasteiger partial charge in [-0.3, -0.25) is 15.2 Å². The van der Waals surface area contributed by atoms with Crippen LogP contribution in [-0.4, -0.2) is 29.9 Å². The number of benzene rings is 2. The van der Waals surface area contributed by atoms with Crippen LogP contribution in [0.15, 0.2) is 67.0 Å². The van der Waals surface area contributed by atoms with Crippen molar-refractivity contribution in [3.05, 3.63) is 83.7 Å². The molecule has 29 heavy (non-hydrogen) atoms. The van der Waals surface area contributed by atoms with Gasteiger partial charge in [-0.2, -0.15) is 0 Å². The normalized spacial score (nSPS) is 14.7. The van der Waals surface area contributed by atoms with E-state index in [4.69, 9.17) is 15.9 Å². The van der Waals surface area contributed by atoms with Crippen molar-refractivity contribution in [2.75, 3.05) is 13.2 Å². The van der Waals surface area contributed by atoms with Gasteiger partial charge >= 0.3 is 0 Å². The average molecular weight is 386 g/mol. The lowest BCUT2D eigenvalue weighted by Crippen LogP contribution is -2.25. The smallest absolute Gasteiger partial charge is 0.251 e. The van der Waals surface area contributed by atoms with Gasteiger partial charge < -0.3 is 15.8 Å². The summed E-state index contributed by atoms with van der Waals surface area (Å²) >= 11 is 0. The number of nitrogen functional groups attached to an aromatic ring is 1. The Kier molecular flexibility index (Phi) is 5.24. The SMILES string of the molecule is N=C(N)c1ccc2c(c1)C(CCNC(=O)c1ccc(-c3cccnc3)cc1)CO2. The Balaban J connectivity index is 1.34. The number of carbonyl (C=O) groups is 1. The van der Waals surface area contributed by atoms with Crippen LogP contribution in [0.25, 0.3) is 11.1 Å². The molecule has 0 bridgehead atoms. The molecule has 0 fully saturated rings. The predicted octanol–water partition coefficient (Wildman–Crippen LogP) is 3.33. The van der Waals surface area contributed by atoms with Crippen molar-refractivity contribution in [2.45, 2.75) is 12.3 Å². The first kappa shape index (κ1) is 18.7. The van der Waals surface area contributed by atoms with Crippen molar-refractivity contribution in [3.8, 4) is 16.9 Å². The molecule has 2 aromatic carbocycles. The number of carbonyl (C=O) groups excluding carboxylic acids is 1. The van der Waals surface area contributed by atoms with Crippen LogP contribution in [0.3, 0.4) is 0 Å². The molecule has 6 heteroatoms. The van der Waals surface area contributed by atoms with Gasteiger partial charge in [0.25, 0.3) is 5.91 Å². The van der Waals surface area contributed by atoms with E-state index in [9.17, 15) is 4.79 Å². The topological polar surface area (TPSA) is 101 Å². The van der Waals surface area contributed by atoms with Gasteiger partial charge in [0.05, 0.1) is 6.61 Å². The third kappa shape index (κ3) is 4.11. The standard InChI is InChI=1S/C23H22N4O2/c24-22(25)17-7-8-21-20(12-17)19(14-29-21)9-11-27-23(28)16-5-3-15(4-6-16)18-2-1-10-26-13-18/h1-8,10,12-13,19H,9,11,14H2,(H3,24,25)(H,27,28). The number of fused-ring (bicyclic) bond motifs is 1. The molecular weight excluding hydrogens is 364 g/mol. The molecule has 0 radical (unpaired) electrons. The highest BCUT2D eigenvalue weighted by atomic mass is 16.5. The van der Waals surface area contributed by atoms with Crippen LogP contribution in [0.2, 0.25) is 0 Å². The van der Waals surface area contributed by atoms with E-state index >= 15 is 0 Å². The first-order chi connectivity index (χ1) is 14.1. The quantitative estimate of drug-likeness (QED) is 0.447. The summed E-state index contributed by atoms with van der Waals surface area (Å²) in [6.45, 7) is 1.12. The second-order valence-corrected chi connectivity index (χ2v) is 7.04. The molecule has 4 rings (SSSR count). The summed E-state index contributed by atoms with van der Waals surface area (Å²) in [6.07, 6.45) is 4.29. The summed E-state index contributed by atoms with van der Waals surface area (Å²) in [5.74, 6) is 0.954. The zero-order valence-corrected chi connectivity index (χ0v) is 15.9. The molecule has 3 aromatic rings. The number of nitrogens with two attached hydrogens (primary N) is 1. The molecule has 6 nitrogen and oxygen atoms in total. The van der Waals surface area contributed by atoms with E-state index in [0.717, 1.165) is 28.9 Å². The van der Waals surface area contributed by atoms with E-state index in [2.05, 4.69) is 10.3 Å². The van der Waals surface area contributed by atoms with Crippen molar-refractivity contribution in [2.24, 2.45) is 5.73 Å². The van der Waals surface area contributed by atoms with Crippen LogP contribution >= 0.6 is 0 Å². The van der Waals surface area contributed by atoms with Gasteiger partial charge in [-0.05, 0) is 53.9 Å². The summed E-state index contributed by atoms with van der Waals surface area (Å²) in [4.78, 5) is 16.6. The number of aromatic nitrogens is 1. The van der Waals surface area contributed by atoms with E-state index < -0.39 is 0 Å². The van der Waals surface area contributed by atoms with E-state index in [1.54, 1.807) is 18.5 Å². The maximum atomic E-state index is 12.5. The second-order valence-electron chi connectivity index (χ2n) is 7.04. The minimum atomic E-state index is -0.0978. The van der Waals surface area contributed by atoms with E-state index in [1.165, 1.54) is 0 Å². The number of nitrogens with one attached hydrogen (secondary N) is 2. The predicted molar refractivity (Wildman–Crippen MR) is 112 cm³/mol. The number of hydrogen-bond acceptors (Lipinski definition) is 4. The third-order valence-electron chi connectivity index (χ3n) is 5.12. The van der Waals surface area contributed by atoms with Crippen LogP contribution in [0.1, 0.15) is 33.8 Å². The highest BCUT2D eigenvalue weighted by Gasteiger charge is 2.24. The molecule has 1 amide bonds. The highest BCUT2D eigenvalue weighted by Crippen LogP contribution is 2.36. The fourth-order valence-corrected chi connectivity index (χ4v) is 3.50. The molecule has 146 valence electrons. The monoisotopic (exact) mass is 386 g/mol. The van der Waals surface area contributed by atoms with Crippen molar-refractivity contribution in [1.82, 2.24) is 10.3 Å². The first-order valence-corrected chi connectivity index (χ1v) is 9.51. The number of ether oxygens (including phenoxy) is 1. The van der Waals surface area contributed by atoms with Gasteiger partial charge in [-0.15, -0.1) is 0 Å². The largest absolute Gasteiger partial charge is 0.493 e. The molecule has 4 N–H and O–H groups in total. The van der Waals surface area contributed by atoms with E-state index in [-0.39, 0.29) is 17.7 Å². The molecule has 0 saturated carbocycles. The summed E-state index contributed by atoms with van der Waals surface area (Å²) < 4.78 is 5.71. The minimum Gasteiger partial charge on any atom is -0.493 e. The van der Waals surface area contributed by atoms with Gasteiger partial charge in [-0.25, -0.2) is 0 Å². The number of amides is 1. The number of hydrogen-bond donors (Lipinski definition) is 3. The lowest BCUT2D eigenvalue weighted by atomic mass is 9.96. The molecule has 1 atom stereocenters. The van der Waals surface area contributed by atoms with Crippen LogP contribution in [0.4, 0.5) is 0 Å². The molecule has 0 saturated heterocycles. The van der Waals surface area contributed by atoms with Gasteiger partial charge in [-0.1, -0.05) is 18.2 Å². The summed E-state index contributed by atoms with van der Waals surface area (Å²) in [5, 5.41) is 10.6. The Labute approximate surface area is 169 Å². The Bertz CT molecular complexity index is 1030. The van der Waals surface area contributed by atoms with Crippen LogP contribution in [0, 0.1) is 5.41 Å². The number of rotatable bonds is 6. The molecule has 0 spiro atoms. The maximum absolute atomic E-state index is 12.5. The van der Waals surface area contributed by atoms with Crippen molar-refractivity contribution >= 4 is 11.7 Å². The van der Waals surface area contributed by atoms with Gasteiger partial charge in [0.15, 0.2) is 0 Å². The maximum Gasteiger partial charge on any atom is 0.251 e. The molecule has 1 unspecified atom stereocenters. The van der Waals surface area contributed by atoms with Gasteiger partial charge in [0.1, 0.15) is 11.6 Å².